The van der Waals surface area contributed by atoms with Crippen LogP contribution < -0.4 is 19.9 Å². The van der Waals surface area contributed by atoms with Crippen molar-refractivity contribution in [1.29, 1.82) is 0 Å². The third-order valence-corrected chi connectivity index (χ3v) is 6.61. The summed E-state index contributed by atoms with van der Waals surface area (Å²) in [6.07, 6.45) is 2.46. The molecule has 1 N–H and O–H groups in total. The minimum Gasteiger partial charge on any atom is -0.495 e. The second-order valence-corrected chi connectivity index (χ2v) is 8.70. The van der Waals surface area contributed by atoms with E-state index in [4.69, 9.17) is 4.74 Å². The molecule has 172 valence electrons. The van der Waals surface area contributed by atoms with Crippen LogP contribution in [-0.4, -0.2) is 54.9 Å². The Labute approximate surface area is 199 Å². The molecule has 3 aromatic rings. The molecule has 0 bridgehead atoms. The molecule has 1 fully saturated rings. The largest absolute Gasteiger partial charge is 0.495 e. The quantitative estimate of drug-likeness (QED) is 0.398. The number of hydrogen-bond donors (Lipinski definition) is 1. The van der Waals surface area contributed by atoms with Gasteiger partial charge in [0.2, 0.25) is 5.91 Å². The Bertz CT molecular complexity index is 1090. The summed E-state index contributed by atoms with van der Waals surface area (Å²) in [6, 6.07) is 18.0. The number of carbonyl (C=O) groups is 1. The van der Waals surface area contributed by atoms with Crippen LogP contribution in [-0.2, 0) is 11.2 Å². The van der Waals surface area contributed by atoms with Gasteiger partial charge in [0.25, 0.3) is 0 Å². The molecule has 0 atom stereocenters. The fourth-order valence-electron chi connectivity index (χ4n) is 3.93. The Morgan fingerprint density at radius 2 is 1.76 bits per heavy atom. The number of nitrogens with zero attached hydrogens (tertiary/aromatic N) is 4. The molecule has 2 aromatic carbocycles. The van der Waals surface area contributed by atoms with E-state index in [2.05, 4.69) is 38.1 Å². The fraction of sp³-hybridized carbons (Fsp3) is 0.320. The number of carbonyl (C=O) groups excluding carboxylic acids is 1. The summed E-state index contributed by atoms with van der Waals surface area (Å²) in [7, 11) is 1.71. The Balaban J connectivity index is 1.32. The normalized spacial score (nSPS) is 13.6. The van der Waals surface area contributed by atoms with Gasteiger partial charge in [0.1, 0.15) is 22.9 Å². The van der Waals surface area contributed by atoms with Gasteiger partial charge in [0, 0.05) is 37.9 Å². The van der Waals surface area contributed by atoms with Gasteiger partial charge in [-0.2, -0.15) is 0 Å². The molecule has 4 rings (SSSR count). The van der Waals surface area contributed by atoms with Crippen molar-refractivity contribution >= 4 is 34.9 Å². The topological polar surface area (TPSA) is 70.6 Å². The number of benzene rings is 2. The molecule has 33 heavy (non-hydrogen) atoms. The lowest BCUT2D eigenvalue weighted by atomic mass is 10.1. The molecule has 1 saturated heterocycles. The number of amides is 1. The smallest absolute Gasteiger partial charge is 0.234 e. The molecule has 0 aliphatic carbocycles. The van der Waals surface area contributed by atoms with Crippen LogP contribution in [0.15, 0.2) is 66.0 Å². The van der Waals surface area contributed by atoms with E-state index in [1.165, 1.54) is 11.8 Å². The summed E-state index contributed by atoms with van der Waals surface area (Å²) in [4.78, 5) is 25.9. The van der Waals surface area contributed by atoms with Crippen molar-refractivity contribution in [3.05, 3.63) is 66.5 Å². The van der Waals surface area contributed by atoms with Crippen LogP contribution >= 0.6 is 11.8 Å². The van der Waals surface area contributed by atoms with Gasteiger partial charge in [-0.25, -0.2) is 9.97 Å². The molecule has 1 aliphatic heterocycles. The fourth-order valence-corrected chi connectivity index (χ4v) is 4.59. The van der Waals surface area contributed by atoms with E-state index < -0.39 is 0 Å². The number of aromatic nitrogens is 2. The van der Waals surface area contributed by atoms with E-state index >= 15 is 0 Å². The SMILES string of the molecule is CCc1ccccc1NC(=O)CSc1cc(N2CCN(c3ccccc3OC)CC2)ncn1. The van der Waals surface area contributed by atoms with Crippen LogP contribution in [0.2, 0.25) is 0 Å². The summed E-state index contributed by atoms with van der Waals surface area (Å²) in [5, 5.41) is 3.81. The number of piperazine rings is 1. The second-order valence-electron chi connectivity index (χ2n) is 7.71. The van der Waals surface area contributed by atoms with Crippen molar-refractivity contribution in [2.45, 2.75) is 18.4 Å². The third-order valence-electron chi connectivity index (χ3n) is 5.68. The number of hydrogen-bond acceptors (Lipinski definition) is 7. The molecule has 1 amide bonds. The first kappa shape index (κ1) is 22.9. The number of para-hydroxylation sites is 3. The molecular weight excluding hydrogens is 434 g/mol. The lowest BCUT2D eigenvalue weighted by Crippen LogP contribution is -2.47. The van der Waals surface area contributed by atoms with Crippen molar-refractivity contribution in [2.75, 3.05) is 54.2 Å². The number of rotatable bonds is 8. The van der Waals surface area contributed by atoms with E-state index in [1.54, 1.807) is 13.4 Å². The minimum atomic E-state index is -0.0357. The van der Waals surface area contributed by atoms with Gasteiger partial charge >= 0.3 is 0 Å². The molecule has 0 saturated carbocycles. The average Bonchev–Trinajstić information content (AvgIpc) is 2.88. The zero-order chi connectivity index (χ0) is 23.0. The molecule has 0 spiro atoms. The first-order chi connectivity index (χ1) is 16.2. The van der Waals surface area contributed by atoms with Gasteiger partial charge < -0.3 is 19.9 Å². The maximum Gasteiger partial charge on any atom is 0.234 e. The number of nitrogens with one attached hydrogen (secondary N) is 1. The minimum absolute atomic E-state index is 0.0357. The zero-order valence-corrected chi connectivity index (χ0v) is 19.8. The molecule has 2 heterocycles. The van der Waals surface area contributed by atoms with Crippen molar-refractivity contribution in [2.24, 2.45) is 0 Å². The standard InChI is InChI=1S/C25H29N5O2S/c1-3-19-8-4-5-9-20(19)28-24(31)17-33-25-16-23(26-18-27-25)30-14-12-29(13-15-30)21-10-6-7-11-22(21)32-2/h4-11,16,18H,3,12-15,17H2,1-2H3,(H,28,31). The summed E-state index contributed by atoms with van der Waals surface area (Å²) in [6.45, 7) is 5.55. The van der Waals surface area contributed by atoms with Crippen LogP contribution in [0.25, 0.3) is 0 Å². The van der Waals surface area contributed by atoms with E-state index in [0.29, 0.717) is 5.75 Å². The maximum absolute atomic E-state index is 12.5. The van der Waals surface area contributed by atoms with Crippen molar-refractivity contribution in [3.8, 4) is 5.75 Å². The van der Waals surface area contributed by atoms with E-state index in [9.17, 15) is 4.79 Å². The summed E-state index contributed by atoms with van der Waals surface area (Å²) >= 11 is 1.42. The molecule has 1 aliphatic rings. The van der Waals surface area contributed by atoms with Gasteiger partial charge in [0.15, 0.2) is 0 Å². The van der Waals surface area contributed by atoms with Gasteiger partial charge in [-0.3, -0.25) is 4.79 Å². The zero-order valence-electron chi connectivity index (χ0n) is 19.0. The Morgan fingerprint density at radius 3 is 2.55 bits per heavy atom. The Kier molecular flexibility index (Phi) is 7.67. The number of aryl methyl sites for hydroxylation is 1. The molecule has 0 radical (unpaired) electrons. The molecule has 1 aromatic heterocycles. The summed E-state index contributed by atoms with van der Waals surface area (Å²) in [5.74, 6) is 2.05. The third kappa shape index (κ3) is 5.76. The lowest BCUT2D eigenvalue weighted by Gasteiger charge is -2.37. The van der Waals surface area contributed by atoms with E-state index in [0.717, 1.165) is 66.1 Å². The maximum atomic E-state index is 12.5. The lowest BCUT2D eigenvalue weighted by molar-refractivity contribution is -0.113. The molecule has 8 heteroatoms. The van der Waals surface area contributed by atoms with Crippen molar-refractivity contribution in [3.63, 3.8) is 0 Å². The van der Waals surface area contributed by atoms with Crippen LogP contribution in [0, 0.1) is 0 Å². The van der Waals surface area contributed by atoms with Gasteiger partial charge in [0.05, 0.1) is 18.6 Å². The van der Waals surface area contributed by atoms with Gasteiger partial charge in [-0.05, 0) is 30.2 Å². The average molecular weight is 464 g/mol. The number of methoxy groups -OCH3 is 1. The predicted octanol–water partition coefficient (Wildman–Crippen LogP) is 4.11. The van der Waals surface area contributed by atoms with Crippen LogP contribution in [0.3, 0.4) is 0 Å². The van der Waals surface area contributed by atoms with Gasteiger partial charge in [-0.15, -0.1) is 0 Å². The molecule has 7 nitrogen and oxygen atoms in total. The highest BCUT2D eigenvalue weighted by Crippen LogP contribution is 2.29. The first-order valence-electron chi connectivity index (χ1n) is 11.1. The molecule has 0 unspecified atom stereocenters. The van der Waals surface area contributed by atoms with Crippen LogP contribution in [0.4, 0.5) is 17.2 Å². The monoisotopic (exact) mass is 463 g/mol. The number of anilines is 3. The van der Waals surface area contributed by atoms with Crippen molar-refractivity contribution in [1.82, 2.24) is 9.97 Å². The van der Waals surface area contributed by atoms with Crippen LogP contribution in [0.1, 0.15) is 12.5 Å². The highest BCUT2D eigenvalue weighted by molar-refractivity contribution is 7.99. The number of ether oxygens (including phenoxy) is 1. The van der Waals surface area contributed by atoms with Gasteiger partial charge in [-0.1, -0.05) is 49.0 Å². The highest BCUT2D eigenvalue weighted by Gasteiger charge is 2.21. The molecular formula is C25H29N5O2S. The summed E-state index contributed by atoms with van der Waals surface area (Å²) < 4.78 is 5.51. The second kappa shape index (κ2) is 11.0. The Morgan fingerprint density at radius 1 is 1.03 bits per heavy atom. The first-order valence-corrected chi connectivity index (χ1v) is 12.1. The summed E-state index contributed by atoms with van der Waals surface area (Å²) in [5.41, 5.74) is 3.13. The van der Waals surface area contributed by atoms with E-state index in [1.807, 2.05) is 48.5 Å². The Hall–Kier alpha value is -3.26. The highest BCUT2D eigenvalue weighted by atomic mass is 32.2. The predicted molar refractivity (Wildman–Crippen MR) is 135 cm³/mol. The van der Waals surface area contributed by atoms with Crippen molar-refractivity contribution < 1.29 is 9.53 Å². The number of thioether (sulfide) groups is 1. The van der Waals surface area contributed by atoms with E-state index in [-0.39, 0.29) is 5.91 Å². The van der Waals surface area contributed by atoms with Crippen LogP contribution in [0.5, 0.6) is 5.75 Å².